The van der Waals surface area contributed by atoms with Gasteiger partial charge in [-0.1, -0.05) is 6.07 Å². The van der Waals surface area contributed by atoms with Gasteiger partial charge >= 0.3 is 0 Å². The highest BCUT2D eigenvalue weighted by atomic mass is 16.5. The quantitative estimate of drug-likeness (QED) is 0.734. The lowest BCUT2D eigenvalue weighted by Gasteiger charge is -2.28. The predicted molar refractivity (Wildman–Crippen MR) is 61.4 cm³/mol. The Morgan fingerprint density at radius 3 is 3.12 bits per heavy atom. The molecule has 1 aromatic heterocycles. The van der Waals surface area contributed by atoms with Crippen LogP contribution in [0.3, 0.4) is 0 Å². The van der Waals surface area contributed by atoms with Crippen molar-refractivity contribution in [2.24, 2.45) is 0 Å². The van der Waals surface area contributed by atoms with E-state index in [1.54, 1.807) is 6.20 Å². The molecule has 0 saturated heterocycles. The first-order valence-corrected chi connectivity index (χ1v) is 5.48. The third-order valence-corrected chi connectivity index (χ3v) is 3.00. The number of fused-ring (bicyclic) bond motifs is 3. The molecule has 1 N–H and O–H groups in total. The fourth-order valence-corrected chi connectivity index (χ4v) is 2.30. The van der Waals surface area contributed by atoms with Crippen molar-refractivity contribution in [2.45, 2.75) is 25.6 Å². The molecule has 3 heteroatoms. The Kier molecular flexibility index (Phi) is 2.07. The van der Waals surface area contributed by atoms with Crippen molar-refractivity contribution in [3.63, 3.8) is 0 Å². The van der Waals surface area contributed by atoms with Gasteiger partial charge in [-0.2, -0.15) is 0 Å². The van der Waals surface area contributed by atoms with Crippen LogP contribution in [0.4, 0.5) is 0 Å². The highest BCUT2D eigenvalue weighted by molar-refractivity contribution is 5.85. The number of aliphatic hydroxyl groups excluding tert-OH is 1. The molecule has 2 aromatic rings. The minimum Gasteiger partial charge on any atom is -0.490 e. The normalized spacial score (nSPS) is 23.9. The number of aromatic nitrogens is 1. The molecule has 3 nitrogen and oxygen atoms in total. The van der Waals surface area contributed by atoms with Crippen LogP contribution < -0.4 is 4.74 Å². The smallest absolute Gasteiger partial charge is 0.126 e. The molecule has 1 aliphatic heterocycles. The Hall–Kier alpha value is -1.61. The molecule has 3 rings (SSSR count). The fraction of sp³-hybridized carbons (Fsp3) is 0.308. The number of hydrogen-bond acceptors (Lipinski definition) is 3. The minimum absolute atomic E-state index is 0.0663. The number of hydrogen-bond donors (Lipinski definition) is 1. The SMILES string of the molecule is CC1CC(O)c2c(ccc3ncccc23)O1. The summed E-state index contributed by atoms with van der Waals surface area (Å²) in [6, 6.07) is 7.68. The van der Waals surface area contributed by atoms with E-state index in [9.17, 15) is 5.11 Å². The first-order chi connectivity index (χ1) is 7.75. The van der Waals surface area contributed by atoms with Crippen molar-refractivity contribution in [3.05, 3.63) is 36.0 Å². The van der Waals surface area contributed by atoms with Gasteiger partial charge in [0.25, 0.3) is 0 Å². The second-order valence-electron chi connectivity index (χ2n) is 4.23. The topological polar surface area (TPSA) is 42.4 Å². The Bertz CT molecular complexity index is 538. The van der Waals surface area contributed by atoms with E-state index >= 15 is 0 Å². The van der Waals surface area contributed by atoms with Crippen LogP contribution in [0, 0.1) is 0 Å². The first-order valence-electron chi connectivity index (χ1n) is 5.48. The predicted octanol–water partition coefficient (Wildman–Crippen LogP) is 2.44. The zero-order valence-corrected chi connectivity index (χ0v) is 9.05. The Balaban J connectivity index is 2.29. The van der Waals surface area contributed by atoms with Crippen molar-refractivity contribution >= 4 is 10.9 Å². The van der Waals surface area contributed by atoms with E-state index in [4.69, 9.17) is 4.74 Å². The highest BCUT2D eigenvalue weighted by Gasteiger charge is 2.26. The van der Waals surface area contributed by atoms with Gasteiger partial charge in [0, 0.05) is 23.6 Å². The van der Waals surface area contributed by atoms with Crippen LogP contribution in [-0.4, -0.2) is 16.2 Å². The molecule has 1 aromatic carbocycles. The third kappa shape index (κ3) is 1.36. The average molecular weight is 215 g/mol. The summed E-state index contributed by atoms with van der Waals surface area (Å²) in [4.78, 5) is 4.28. The molecule has 0 amide bonds. The van der Waals surface area contributed by atoms with Crippen molar-refractivity contribution in [1.29, 1.82) is 0 Å². The lowest BCUT2D eigenvalue weighted by molar-refractivity contribution is 0.0764. The Morgan fingerprint density at radius 1 is 1.38 bits per heavy atom. The third-order valence-electron chi connectivity index (χ3n) is 3.00. The van der Waals surface area contributed by atoms with E-state index in [-0.39, 0.29) is 6.10 Å². The van der Waals surface area contributed by atoms with Crippen LogP contribution >= 0.6 is 0 Å². The number of aliphatic hydroxyl groups is 1. The van der Waals surface area contributed by atoms with Gasteiger partial charge in [-0.3, -0.25) is 4.98 Å². The summed E-state index contributed by atoms with van der Waals surface area (Å²) in [7, 11) is 0. The van der Waals surface area contributed by atoms with E-state index in [0.29, 0.717) is 6.42 Å². The number of nitrogens with zero attached hydrogens (tertiary/aromatic N) is 1. The lowest BCUT2D eigenvalue weighted by Crippen LogP contribution is -2.22. The average Bonchev–Trinajstić information content (AvgIpc) is 2.28. The highest BCUT2D eigenvalue weighted by Crippen LogP contribution is 2.38. The molecule has 1 aliphatic rings. The summed E-state index contributed by atoms with van der Waals surface area (Å²) in [5, 5.41) is 11.1. The van der Waals surface area contributed by atoms with Crippen LogP contribution in [-0.2, 0) is 0 Å². The maximum Gasteiger partial charge on any atom is 0.126 e. The van der Waals surface area contributed by atoms with Crippen molar-refractivity contribution in [2.75, 3.05) is 0 Å². The summed E-state index contributed by atoms with van der Waals surface area (Å²) in [5.74, 6) is 0.784. The van der Waals surface area contributed by atoms with Gasteiger partial charge in [-0.25, -0.2) is 0 Å². The van der Waals surface area contributed by atoms with Gasteiger partial charge in [-0.05, 0) is 25.1 Å². The van der Waals surface area contributed by atoms with E-state index in [1.165, 1.54) is 0 Å². The molecule has 0 spiro atoms. The Labute approximate surface area is 93.7 Å². The van der Waals surface area contributed by atoms with Crippen LogP contribution in [0.2, 0.25) is 0 Å². The second-order valence-corrected chi connectivity index (χ2v) is 4.23. The van der Waals surface area contributed by atoms with Gasteiger partial charge in [0.05, 0.1) is 17.7 Å². The molecule has 2 unspecified atom stereocenters. The number of benzene rings is 1. The Morgan fingerprint density at radius 2 is 2.25 bits per heavy atom. The van der Waals surface area contributed by atoms with E-state index in [1.807, 2.05) is 31.2 Å². The van der Waals surface area contributed by atoms with Crippen molar-refractivity contribution < 1.29 is 9.84 Å². The zero-order valence-electron chi connectivity index (χ0n) is 9.05. The maximum absolute atomic E-state index is 10.1. The summed E-state index contributed by atoms with van der Waals surface area (Å²) < 4.78 is 5.72. The first kappa shape index (κ1) is 9.60. The maximum atomic E-state index is 10.1. The van der Waals surface area contributed by atoms with Gasteiger partial charge in [0.1, 0.15) is 5.75 Å². The number of ether oxygens (including phenoxy) is 1. The molecule has 82 valence electrons. The van der Waals surface area contributed by atoms with E-state index < -0.39 is 6.10 Å². The molecule has 0 aliphatic carbocycles. The fourth-order valence-electron chi connectivity index (χ4n) is 2.30. The molecule has 0 bridgehead atoms. The lowest BCUT2D eigenvalue weighted by atomic mass is 9.96. The summed E-state index contributed by atoms with van der Waals surface area (Å²) in [6.45, 7) is 1.97. The molecular weight excluding hydrogens is 202 g/mol. The summed E-state index contributed by atoms with van der Waals surface area (Å²) in [6.07, 6.45) is 2.01. The van der Waals surface area contributed by atoms with E-state index in [0.717, 1.165) is 22.2 Å². The molecule has 2 heterocycles. The van der Waals surface area contributed by atoms with Gasteiger partial charge in [-0.15, -0.1) is 0 Å². The van der Waals surface area contributed by atoms with Crippen molar-refractivity contribution in [3.8, 4) is 5.75 Å². The number of pyridine rings is 1. The van der Waals surface area contributed by atoms with Crippen LogP contribution in [0.5, 0.6) is 5.75 Å². The summed E-state index contributed by atoms with van der Waals surface area (Å²) in [5.41, 5.74) is 1.78. The van der Waals surface area contributed by atoms with Crippen LogP contribution in [0.1, 0.15) is 25.0 Å². The van der Waals surface area contributed by atoms with E-state index in [2.05, 4.69) is 4.98 Å². The molecule has 0 saturated carbocycles. The second kappa shape index (κ2) is 3.46. The van der Waals surface area contributed by atoms with Crippen molar-refractivity contribution in [1.82, 2.24) is 4.98 Å². The molecule has 0 radical (unpaired) electrons. The molecule has 16 heavy (non-hydrogen) atoms. The van der Waals surface area contributed by atoms with Crippen LogP contribution in [0.25, 0.3) is 10.9 Å². The standard InChI is InChI=1S/C13H13NO2/c1-8-7-11(15)13-9-3-2-6-14-10(9)4-5-12(13)16-8/h2-6,8,11,15H,7H2,1H3. The summed E-state index contributed by atoms with van der Waals surface area (Å²) >= 11 is 0. The monoisotopic (exact) mass is 215 g/mol. The molecular formula is C13H13NO2. The minimum atomic E-state index is -0.452. The van der Waals surface area contributed by atoms with Gasteiger partial charge < -0.3 is 9.84 Å². The van der Waals surface area contributed by atoms with Gasteiger partial charge in [0.15, 0.2) is 0 Å². The number of rotatable bonds is 0. The zero-order chi connectivity index (χ0) is 11.1. The van der Waals surface area contributed by atoms with Crippen LogP contribution in [0.15, 0.2) is 30.5 Å². The van der Waals surface area contributed by atoms with Gasteiger partial charge in [0.2, 0.25) is 0 Å². The molecule has 0 fully saturated rings. The largest absolute Gasteiger partial charge is 0.490 e. The molecule has 2 atom stereocenters.